The summed E-state index contributed by atoms with van der Waals surface area (Å²) in [5.41, 5.74) is 0. The Balaban J connectivity index is 1.96. The summed E-state index contributed by atoms with van der Waals surface area (Å²) in [4.78, 5) is 11.8. The lowest BCUT2D eigenvalue weighted by Gasteiger charge is -2.37. The standard InChI is InChI=1S/C24H42O7/c1-2-3-4-5-6-7-8-9-10-11-12-13-14-15-16-17-20(25)30-18-19-21(26)22(27)23(28)24(29)31-19/h6-7,9-10,19,21-24,26-29H,2-5,8,11-18H2,1H3/t19-,21-,22+,23-,24+/m1/s1. The van der Waals surface area contributed by atoms with Gasteiger partial charge in [-0.05, 0) is 38.5 Å². The van der Waals surface area contributed by atoms with E-state index in [1.165, 1.54) is 25.7 Å². The van der Waals surface area contributed by atoms with Gasteiger partial charge in [0, 0.05) is 6.42 Å². The number of aliphatic hydroxyl groups is 4. The predicted molar refractivity (Wildman–Crippen MR) is 119 cm³/mol. The van der Waals surface area contributed by atoms with Crippen molar-refractivity contribution in [1.82, 2.24) is 0 Å². The molecule has 1 fully saturated rings. The van der Waals surface area contributed by atoms with Gasteiger partial charge in [-0.1, -0.05) is 63.3 Å². The first-order chi connectivity index (χ1) is 15.0. The zero-order valence-electron chi connectivity index (χ0n) is 18.9. The Kier molecular flexibility index (Phi) is 15.5. The molecular weight excluding hydrogens is 400 g/mol. The Morgan fingerprint density at radius 1 is 0.806 bits per heavy atom. The third-order valence-corrected chi connectivity index (χ3v) is 5.43. The van der Waals surface area contributed by atoms with E-state index in [4.69, 9.17) is 9.47 Å². The third kappa shape index (κ3) is 12.4. The Morgan fingerprint density at radius 2 is 1.42 bits per heavy atom. The number of carbonyl (C=O) groups excluding carboxylic acids is 1. The van der Waals surface area contributed by atoms with Crippen molar-refractivity contribution in [1.29, 1.82) is 0 Å². The van der Waals surface area contributed by atoms with E-state index >= 15 is 0 Å². The number of hydrogen-bond donors (Lipinski definition) is 4. The second-order valence-corrected chi connectivity index (χ2v) is 8.20. The molecule has 7 heteroatoms. The van der Waals surface area contributed by atoms with Crippen LogP contribution >= 0.6 is 0 Å². The summed E-state index contributed by atoms with van der Waals surface area (Å²) >= 11 is 0. The van der Waals surface area contributed by atoms with Crippen molar-refractivity contribution in [2.75, 3.05) is 6.61 Å². The number of esters is 1. The van der Waals surface area contributed by atoms with E-state index in [0.717, 1.165) is 44.9 Å². The maximum Gasteiger partial charge on any atom is 0.305 e. The van der Waals surface area contributed by atoms with Gasteiger partial charge >= 0.3 is 5.97 Å². The third-order valence-electron chi connectivity index (χ3n) is 5.43. The fraction of sp³-hybridized carbons (Fsp3) is 0.792. The van der Waals surface area contributed by atoms with Crippen LogP contribution in [0.15, 0.2) is 24.3 Å². The van der Waals surface area contributed by atoms with Crippen molar-refractivity contribution >= 4 is 5.97 Å². The number of ether oxygens (including phenoxy) is 2. The minimum Gasteiger partial charge on any atom is -0.463 e. The van der Waals surface area contributed by atoms with E-state index in [9.17, 15) is 25.2 Å². The highest BCUT2D eigenvalue weighted by atomic mass is 16.6. The van der Waals surface area contributed by atoms with E-state index in [0.29, 0.717) is 0 Å². The minimum atomic E-state index is -1.62. The first-order valence-electron chi connectivity index (χ1n) is 11.8. The lowest BCUT2D eigenvalue weighted by molar-refractivity contribution is -0.287. The van der Waals surface area contributed by atoms with Crippen LogP contribution in [0, 0.1) is 0 Å². The fourth-order valence-corrected chi connectivity index (χ4v) is 3.40. The van der Waals surface area contributed by atoms with Gasteiger partial charge in [-0.25, -0.2) is 0 Å². The normalized spacial score (nSPS) is 26.7. The van der Waals surface area contributed by atoms with Gasteiger partial charge in [0.05, 0.1) is 0 Å². The van der Waals surface area contributed by atoms with Crippen LogP contribution in [0.4, 0.5) is 0 Å². The Bertz CT molecular complexity index is 520. The predicted octanol–water partition coefficient (Wildman–Crippen LogP) is 3.14. The topological polar surface area (TPSA) is 116 Å². The van der Waals surface area contributed by atoms with E-state index in [1.807, 2.05) is 0 Å². The van der Waals surface area contributed by atoms with Crippen LogP contribution in [0.5, 0.6) is 0 Å². The van der Waals surface area contributed by atoms with Gasteiger partial charge in [-0.15, -0.1) is 0 Å². The Morgan fingerprint density at radius 3 is 2.10 bits per heavy atom. The molecular formula is C24H42O7. The van der Waals surface area contributed by atoms with Crippen LogP contribution < -0.4 is 0 Å². The molecule has 5 atom stereocenters. The fourth-order valence-electron chi connectivity index (χ4n) is 3.40. The lowest BCUT2D eigenvalue weighted by Crippen LogP contribution is -2.58. The van der Waals surface area contributed by atoms with Gasteiger partial charge in [0.2, 0.25) is 0 Å². The van der Waals surface area contributed by atoms with Crippen molar-refractivity contribution in [2.24, 2.45) is 0 Å². The second-order valence-electron chi connectivity index (χ2n) is 8.20. The SMILES string of the molecule is CCCCCC=CCC=CCCCCCCCC(=O)OC[C@H]1O[C@H](O)[C@H](O)[C@@H](O)[C@@H]1O. The summed E-state index contributed by atoms with van der Waals surface area (Å²) in [6.07, 6.45) is 14.2. The Hall–Kier alpha value is -1.25. The summed E-state index contributed by atoms with van der Waals surface area (Å²) in [6.45, 7) is 1.94. The smallest absolute Gasteiger partial charge is 0.305 e. The van der Waals surface area contributed by atoms with E-state index in [-0.39, 0.29) is 13.0 Å². The van der Waals surface area contributed by atoms with Crippen molar-refractivity contribution in [2.45, 2.75) is 115 Å². The molecule has 0 bridgehead atoms. The summed E-state index contributed by atoms with van der Waals surface area (Å²) < 4.78 is 10.0. The second kappa shape index (κ2) is 17.3. The maximum atomic E-state index is 11.8. The highest BCUT2D eigenvalue weighted by Gasteiger charge is 2.43. The molecule has 1 heterocycles. The quantitative estimate of drug-likeness (QED) is 0.165. The van der Waals surface area contributed by atoms with Gasteiger partial charge in [0.25, 0.3) is 0 Å². The van der Waals surface area contributed by atoms with Gasteiger partial charge in [-0.3, -0.25) is 4.79 Å². The first-order valence-corrected chi connectivity index (χ1v) is 11.8. The van der Waals surface area contributed by atoms with Crippen molar-refractivity contribution < 1.29 is 34.7 Å². The number of unbranched alkanes of at least 4 members (excludes halogenated alkanes) is 8. The van der Waals surface area contributed by atoms with Crippen LogP contribution in [0.2, 0.25) is 0 Å². The molecule has 0 spiro atoms. The summed E-state index contributed by atoms with van der Waals surface area (Å²) in [6, 6.07) is 0. The molecule has 4 N–H and O–H groups in total. The molecule has 0 aromatic rings. The molecule has 31 heavy (non-hydrogen) atoms. The monoisotopic (exact) mass is 442 g/mol. The van der Waals surface area contributed by atoms with E-state index in [2.05, 4.69) is 31.2 Å². The average Bonchev–Trinajstić information content (AvgIpc) is 2.76. The first kappa shape index (κ1) is 27.8. The zero-order valence-corrected chi connectivity index (χ0v) is 18.9. The molecule has 0 aliphatic carbocycles. The zero-order chi connectivity index (χ0) is 22.9. The molecule has 0 aromatic heterocycles. The van der Waals surface area contributed by atoms with Crippen molar-refractivity contribution in [3.8, 4) is 0 Å². The van der Waals surface area contributed by atoms with Gasteiger partial charge < -0.3 is 29.9 Å². The minimum absolute atomic E-state index is 0.277. The molecule has 0 radical (unpaired) electrons. The molecule has 0 saturated carbocycles. The molecule has 0 amide bonds. The number of carbonyl (C=O) groups is 1. The molecule has 7 nitrogen and oxygen atoms in total. The summed E-state index contributed by atoms with van der Waals surface area (Å²) in [5.74, 6) is -0.406. The molecule has 1 aliphatic rings. The Labute approximate surface area is 186 Å². The average molecular weight is 443 g/mol. The molecule has 1 aliphatic heterocycles. The van der Waals surface area contributed by atoms with E-state index < -0.39 is 36.7 Å². The van der Waals surface area contributed by atoms with Gasteiger partial charge in [0.15, 0.2) is 6.29 Å². The van der Waals surface area contributed by atoms with Gasteiger partial charge in [0.1, 0.15) is 31.0 Å². The highest BCUT2D eigenvalue weighted by Crippen LogP contribution is 2.20. The van der Waals surface area contributed by atoms with Crippen LogP contribution in [0.3, 0.4) is 0 Å². The molecule has 0 unspecified atom stereocenters. The summed E-state index contributed by atoms with van der Waals surface area (Å²) in [5, 5.41) is 38.3. The molecule has 1 saturated heterocycles. The highest BCUT2D eigenvalue weighted by molar-refractivity contribution is 5.69. The van der Waals surface area contributed by atoms with Crippen molar-refractivity contribution in [3.63, 3.8) is 0 Å². The molecule has 180 valence electrons. The van der Waals surface area contributed by atoms with Gasteiger partial charge in [-0.2, -0.15) is 0 Å². The molecule has 1 rings (SSSR count). The van der Waals surface area contributed by atoms with E-state index in [1.54, 1.807) is 0 Å². The number of rotatable bonds is 16. The van der Waals surface area contributed by atoms with Crippen LogP contribution in [-0.2, 0) is 14.3 Å². The largest absolute Gasteiger partial charge is 0.463 e. The number of hydrogen-bond acceptors (Lipinski definition) is 7. The van der Waals surface area contributed by atoms with Crippen LogP contribution in [0.25, 0.3) is 0 Å². The lowest BCUT2D eigenvalue weighted by atomic mass is 9.99. The maximum absolute atomic E-state index is 11.8. The summed E-state index contributed by atoms with van der Waals surface area (Å²) in [7, 11) is 0. The number of allylic oxidation sites excluding steroid dienone is 4. The number of aliphatic hydroxyl groups excluding tert-OH is 4. The molecule has 0 aromatic carbocycles. The van der Waals surface area contributed by atoms with Crippen LogP contribution in [-0.4, -0.2) is 63.7 Å². The van der Waals surface area contributed by atoms with Crippen molar-refractivity contribution in [3.05, 3.63) is 24.3 Å². The van der Waals surface area contributed by atoms with Crippen LogP contribution in [0.1, 0.15) is 84.0 Å².